The average molecular weight is 449 g/mol. The monoisotopic (exact) mass is 448 g/mol. The van der Waals surface area contributed by atoms with Crippen molar-refractivity contribution in [2.24, 2.45) is 0 Å². The summed E-state index contributed by atoms with van der Waals surface area (Å²) in [5.74, 6) is 0.681. The van der Waals surface area contributed by atoms with Crippen molar-refractivity contribution in [2.75, 3.05) is 11.9 Å². The highest BCUT2D eigenvalue weighted by atomic mass is 79.9. The molecule has 0 spiro atoms. The van der Waals surface area contributed by atoms with Gasteiger partial charge in [-0.2, -0.15) is 0 Å². The molecule has 144 valence electrons. The Morgan fingerprint density at radius 2 is 1.78 bits per heavy atom. The number of amides is 1. The lowest BCUT2D eigenvalue weighted by Crippen LogP contribution is -2.34. The van der Waals surface area contributed by atoms with E-state index in [-0.39, 0.29) is 16.4 Å². The largest absolute Gasteiger partial charge is 0.494 e. The first-order valence-corrected chi connectivity index (χ1v) is 10.0. The van der Waals surface area contributed by atoms with Gasteiger partial charge in [0.2, 0.25) is 5.91 Å². The van der Waals surface area contributed by atoms with Crippen molar-refractivity contribution in [3.63, 3.8) is 0 Å². The number of rotatable bonds is 6. The molecule has 2 aromatic rings. The van der Waals surface area contributed by atoms with E-state index in [1.807, 2.05) is 36.4 Å². The SMILES string of the molecule is CC(C)(C)c1ccc(OCCCC(=O)NC(=S)Nc2ccccc2Br)cc1. The van der Waals surface area contributed by atoms with Crippen LogP contribution in [-0.2, 0) is 10.2 Å². The molecule has 0 aromatic heterocycles. The molecule has 0 saturated carbocycles. The molecule has 0 bridgehead atoms. The van der Waals surface area contributed by atoms with Crippen molar-refractivity contribution < 1.29 is 9.53 Å². The van der Waals surface area contributed by atoms with Crippen LogP contribution in [0.4, 0.5) is 5.69 Å². The number of ether oxygens (including phenoxy) is 1. The van der Waals surface area contributed by atoms with Gasteiger partial charge in [0.15, 0.2) is 5.11 Å². The highest BCUT2D eigenvalue weighted by molar-refractivity contribution is 9.10. The summed E-state index contributed by atoms with van der Waals surface area (Å²) in [5, 5.41) is 5.96. The van der Waals surface area contributed by atoms with Gasteiger partial charge in [-0.25, -0.2) is 0 Å². The van der Waals surface area contributed by atoms with Crippen molar-refractivity contribution in [1.82, 2.24) is 5.32 Å². The summed E-state index contributed by atoms with van der Waals surface area (Å²) in [4.78, 5) is 12.0. The van der Waals surface area contributed by atoms with Crippen LogP contribution in [0.1, 0.15) is 39.2 Å². The van der Waals surface area contributed by atoms with E-state index in [4.69, 9.17) is 17.0 Å². The zero-order chi connectivity index (χ0) is 19.9. The molecule has 0 fully saturated rings. The predicted octanol–water partition coefficient (Wildman–Crippen LogP) is 5.42. The summed E-state index contributed by atoms with van der Waals surface area (Å²) >= 11 is 8.60. The summed E-state index contributed by atoms with van der Waals surface area (Å²) in [5.41, 5.74) is 2.20. The molecule has 0 aliphatic rings. The lowest BCUT2D eigenvalue weighted by Gasteiger charge is -2.19. The number of hydrogen-bond acceptors (Lipinski definition) is 3. The summed E-state index contributed by atoms with van der Waals surface area (Å²) in [6.45, 7) is 7.01. The molecule has 0 aliphatic heterocycles. The van der Waals surface area contributed by atoms with Gasteiger partial charge in [-0.3, -0.25) is 4.79 Å². The molecule has 0 saturated heterocycles. The van der Waals surface area contributed by atoms with E-state index in [1.165, 1.54) is 5.56 Å². The molecule has 2 rings (SSSR count). The number of carbonyl (C=O) groups excluding carboxylic acids is 1. The normalized spacial score (nSPS) is 11.0. The number of hydrogen-bond donors (Lipinski definition) is 2. The van der Waals surface area contributed by atoms with E-state index >= 15 is 0 Å². The molecule has 2 N–H and O–H groups in total. The summed E-state index contributed by atoms with van der Waals surface area (Å²) in [6.07, 6.45) is 0.961. The van der Waals surface area contributed by atoms with Crippen molar-refractivity contribution in [3.8, 4) is 5.75 Å². The van der Waals surface area contributed by atoms with Crippen LogP contribution in [0.2, 0.25) is 0 Å². The number of anilines is 1. The first kappa shape index (κ1) is 21.4. The predicted molar refractivity (Wildman–Crippen MR) is 118 cm³/mol. The maximum atomic E-state index is 12.0. The van der Waals surface area contributed by atoms with Gasteiger partial charge >= 0.3 is 0 Å². The lowest BCUT2D eigenvalue weighted by atomic mass is 9.87. The summed E-state index contributed by atoms with van der Waals surface area (Å²) < 4.78 is 6.59. The average Bonchev–Trinajstić information content (AvgIpc) is 2.60. The van der Waals surface area contributed by atoms with Crippen molar-refractivity contribution >= 4 is 44.9 Å². The quantitative estimate of drug-likeness (QED) is 0.457. The van der Waals surface area contributed by atoms with Crippen LogP contribution in [0.3, 0.4) is 0 Å². The van der Waals surface area contributed by atoms with Gasteiger partial charge in [0, 0.05) is 10.9 Å². The molecule has 27 heavy (non-hydrogen) atoms. The molecular weight excluding hydrogens is 424 g/mol. The third-order valence-electron chi connectivity index (χ3n) is 3.91. The van der Waals surface area contributed by atoms with E-state index < -0.39 is 0 Å². The standard InChI is InChI=1S/C21H25BrN2O2S/c1-21(2,3)15-10-12-16(13-11-15)26-14-6-9-19(25)24-20(27)23-18-8-5-4-7-17(18)22/h4-5,7-8,10-13H,6,9,14H2,1-3H3,(H2,23,24,25,27). The van der Waals surface area contributed by atoms with Crippen LogP contribution in [0, 0.1) is 0 Å². The molecule has 0 unspecified atom stereocenters. The Labute approximate surface area is 174 Å². The van der Waals surface area contributed by atoms with Crippen LogP contribution in [0.15, 0.2) is 53.0 Å². The molecule has 2 aromatic carbocycles. The van der Waals surface area contributed by atoms with E-state index in [9.17, 15) is 4.79 Å². The van der Waals surface area contributed by atoms with Gasteiger partial charge in [0.1, 0.15) is 5.75 Å². The molecule has 0 atom stereocenters. The van der Waals surface area contributed by atoms with E-state index in [2.05, 4.69) is 59.5 Å². The van der Waals surface area contributed by atoms with Crippen molar-refractivity contribution in [3.05, 3.63) is 58.6 Å². The van der Waals surface area contributed by atoms with Crippen LogP contribution in [0.5, 0.6) is 5.75 Å². The summed E-state index contributed by atoms with van der Waals surface area (Å²) in [6, 6.07) is 15.7. The van der Waals surface area contributed by atoms with E-state index in [0.29, 0.717) is 19.4 Å². The summed E-state index contributed by atoms with van der Waals surface area (Å²) in [7, 11) is 0. The highest BCUT2D eigenvalue weighted by Crippen LogP contribution is 2.24. The van der Waals surface area contributed by atoms with Gasteiger partial charge in [-0.1, -0.05) is 45.0 Å². The highest BCUT2D eigenvalue weighted by Gasteiger charge is 2.13. The third-order valence-corrected chi connectivity index (χ3v) is 4.81. The molecule has 0 radical (unpaired) electrons. The van der Waals surface area contributed by atoms with Crippen LogP contribution in [-0.4, -0.2) is 17.6 Å². The topological polar surface area (TPSA) is 50.4 Å². The zero-order valence-electron chi connectivity index (χ0n) is 15.8. The second-order valence-corrected chi connectivity index (χ2v) is 8.47. The number of halogens is 1. The Kier molecular flexibility index (Phi) is 7.80. The van der Waals surface area contributed by atoms with Gasteiger partial charge in [0.25, 0.3) is 0 Å². The molecule has 6 heteroatoms. The van der Waals surface area contributed by atoms with Crippen molar-refractivity contribution in [2.45, 2.75) is 39.0 Å². The molecule has 1 amide bonds. The third kappa shape index (κ3) is 7.31. The maximum absolute atomic E-state index is 12.0. The van der Waals surface area contributed by atoms with Gasteiger partial charge in [-0.15, -0.1) is 0 Å². The minimum absolute atomic E-state index is 0.123. The Hall–Kier alpha value is -1.92. The fourth-order valence-electron chi connectivity index (χ4n) is 2.38. The Balaban J connectivity index is 1.68. The molecule has 0 aliphatic carbocycles. The maximum Gasteiger partial charge on any atom is 0.226 e. The Bertz CT molecular complexity index is 786. The fourth-order valence-corrected chi connectivity index (χ4v) is 2.99. The number of benzene rings is 2. The van der Waals surface area contributed by atoms with E-state index in [1.54, 1.807) is 0 Å². The smallest absolute Gasteiger partial charge is 0.226 e. The molecular formula is C21H25BrN2O2S. The van der Waals surface area contributed by atoms with Gasteiger partial charge < -0.3 is 15.4 Å². The van der Waals surface area contributed by atoms with Crippen LogP contribution < -0.4 is 15.4 Å². The van der Waals surface area contributed by atoms with Crippen LogP contribution >= 0.6 is 28.1 Å². The minimum Gasteiger partial charge on any atom is -0.494 e. The number of nitrogens with one attached hydrogen (secondary N) is 2. The van der Waals surface area contributed by atoms with Crippen LogP contribution in [0.25, 0.3) is 0 Å². The number of thiocarbonyl (C=S) groups is 1. The Morgan fingerprint density at radius 1 is 1.11 bits per heavy atom. The number of carbonyl (C=O) groups is 1. The lowest BCUT2D eigenvalue weighted by molar-refractivity contribution is -0.119. The number of para-hydroxylation sites is 1. The molecule has 4 nitrogen and oxygen atoms in total. The van der Waals surface area contributed by atoms with E-state index in [0.717, 1.165) is 15.9 Å². The second kappa shape index (κ2) is 9.85. The first-order chi connectivity index (χ1) is 12.8. The minimum atomic E-state index is -0.133. The van der Waals surface area contributed by atoms with Gasteiger partial charge in [0.05, 0.1) is 12.3 Å². The van der Waals surface area contributed by atoms with Gasteiger partial charge in [-0.05, 0) is 69.8 Å². The van der Waals surface area contributed by atoms with Crippen molar-refractivity contribution in [1.29, 1.82) is 0 Å². The fraction of sp³-hybridized carbons (Fsp3) is 0.333. The second-order valence-electron chi connectivity index (χ2n) is 7.21. The zero-order valence-corrected chi connectivity index (χ0v) is 18.2. The molecule has 0 heterocycles. The first-order valence-electron chi connectivity index (χ1n) is 8.84. The Morgan fingerprint density at radius 3 is 2.41 bits per heavy atom.